The van der Waals surface area contributed by atoms with Gasteiger partial charge < -0.3 is 15.4 Å². The van der Waals surface area contributed by atoms with E-state index in [2.05, 4.69) is 26.6 Å². The smallest absolute Gasteiger partial charge is 0.258 e. The second-order valence-corrected chi connectivity index (χ2v) is 6.98. The summed E-state index contributed by atoms with van der Waals surface area (Å²) in [6.07, 6.45) is 0. The van der Waals surface area contributed by atoms with E-state index in [9.17, 15) is 14.0 Å². The highest BCUT2D eigenvalue weighted by Gasteiger charge is 2.13. The van der Waals surface area contributed by atoms with E-state index in [1.165, 1.54) is 18.2 Å². The predicted molar refractivity (Wildman–Crippen MR) is 114 cm³/mol. The van der Waals surface area contributed by atoms with Gasteiger partial charge in [0, 0.05) is 21.4 Å². The van der Waals surface area contributed by atoms with Crippen molar-refractivity contribution in [3.63, 3.8) is 0 Å². The summed E-state index contributed by atoms with van der Waals surface area (Å²) < 4.78 is 19.8. The van der Waals surface area contributed by atoms with Gasteiger partial charge in [0.2, 0.25) is 0 Å². The van der Waals surface area contributed by atoms with E-state index in [-0.39, 0.29) is 11.5 Å². The van der Waals surface area contributed by atoms with Gasteiger partial charge in [0.1, 0.15) is 11.6 Å². The fourth-order valence-electron chi connectivity index (χ4n) is 2.58. The summed E-state index contributed by atoms with van der Waals surface area (Å²) in [4.78, 5) is 24.6. The second-order valence-electron chi connectivity index (χ2n) is 6.07. The third-order valence-electron chi connectivity index (χ3n) is 4.00. The van der Waals surface area contributed by atoms with Gasteiger partial charge in [0.25, 0.3) is 11.8 Å². The Balaban J connectivity index is 1.64. The number of carbonyl (C=O) groups excluding carboxylic acids is 2. The van der Waals surface area contributed by atoms with E-state index in [0.29, 0.717) is 28.0 Å². The van der Waals surface area contributed by atoms with Crippen LogP contribution in [0.2, 0.25) is 0 Å². The number of halogens is 2. The first-order valence-corrected chi connectivity index (χ1v) is 9.66. The van der Waals surface area contributed by atoms with Crippen molar-refractivity contribution < 1.29 is 18.7 Å². The molecular weight excluding hydrogens is 439 g/mol. The summed E-state index contributed by atoms with van der Waals surface area (Å²) in [5.41, 5.74) is 1.44. The first-order valence-electron chi connectivity index (χ1n) is 8.87. The zero-order chi connectivity index (χ0) is 20.8. The molecular formula is C22H18BrFN2O3. The summed E-state index contributed by atoms with van der Waals surface area (Å²) in [7, 11) is 0. The molecule has 0 aliphatic carbocycles. The molecule has 5 nitrogen and oxygen atoms in total. The molecule has 3 rings (SSSR count). The van der Waals surface area contributed by atoms with Crippen molar-refractivity contribution in [1.82, 2.24) is 0 Å². The number of nitrogens with one attached hydrogen (secondary N) is 2. The Labute approximate surface area is 176 Å². The zero-order valence-corrected chi connectivity index (χ0v) is 17.1. The van der Waals surface area contributed by atoms with Crippen molar-refractivity contribution in [3.8, 4) is 5.75 Å². The summed E-state index contributed by atoms with van der Waals surface area (Å²) in [5, 5.41) is 5.41. The van der Waals surface area contributed by atoms with Crippen LogP contribution in [-0.4, -0.2) is 18.4 Å². The van der Waals surface area contributed by atoms with E-state index in [4.69, 9.17) is 4.74 Å². The van der Waals surface area contributed by atoms with Crippen molar-refractivity contribution in [3.05, 3.63) is 88.1 Å². The molecule has 3 aromatic rings. The van der Waals surface area contributed by atoms with E-state index in [1.54, 1.807) is 48.5 Å². The lowest BCUT2D eigenvalue weighted by atomic mass is 10.1. The van der Waals surface area contributed by atoms with Crippen molar-refractivity contribution in [2.45, 2.75) is 6.92 Å². The van der Waals surface area contributed by atoms with Gasteiger partial charge in [-0.3, -0.25) is 9.59 Å². The number of ether oxygens (including phenoxy) is 1. The van der Waals surface area contributed by atoms with Gasteiger partial charge in [-0.15, -0.1) is 0 Å². The number of hydrogen-bond donors (Lipinski definition) is 2. The fraction of sp³-hybridized carbons (Fsp3) is 0.0909. The Hall–Kier alpha value is -3.19. The molecule has 0 aliphatic heterocycles. The van der Waals surface area contributed by atoms with Gasteiger partial charge in [-0.2, -0.15) is 0 Å². The predicted octanol–water partition coefficient (Wildman–Crippen LogP) is 5.49. The summed E-state index contributed by atoms with van der Waals surface area (Å²) in [5.74, 6) is -0.745. The van der Waals surface area contributed by atoms with Gasteiger partial charge in [-0.25, -0.2) is 4.39 Å². The lowest BCUT2D eigenvalue weighted by Crippen LogP contribution is -2.15. The minimum atomic E-state index is -0.614. The molecule has 0 radical (unpaired) electrons. The monoisotopic (exact) mass is 456 g/mol. The maximum Gasteiger partial charge on any atom is 0.258 e. The minimum absolute atomic E-state index is 0.0725. The van der Waals surface area contributed by atoms with Gasteiger partial charge in [-0.05, 0) is 73.7 Å². The molecule has 0 heterocycles. The number of hydrogen-bond acceptors (Lipinski definition) is 3. The first-order chi connectivity index (χ1) is 14.0. The quantitative estimate of drug-likeness (QED) is 0.515. The molecule has 3 aromatic carbocycles. The number of amides is 2. The van der Waals surface area contributed by atoms with Gasteiger partial charge in [0.15, 0.2) is 0 Å². The topological polar surface area (TPSA) is 67.4 Å². The van der Waals surface area contributed by atoms with Crippen LogP contribution in [-0.2, 0) is 0 Å². The lowest BCUT2D eigenvalue weighted by Gasteiger charge is -2.09. The average molecular weight is 457 g/mol. The molecule has 0 unspecified atom stereocenters. The molecule has 0 spiro atoms. The lowest BCUT2D eigenvalue weighted by molar-refractivity contribution is 0.101. The largest absolute Gasteiger partial charge is 0.494 e. The highest BCUT2D eigenvalue weighted by Crippen LogP contribution is 2.19. The number of benzene rings is 3. The number of anilines is 2. The maximum atomic E-state index is 13.8. The van der Waals surface area contributed by atoms with Gasteiger partial charge in [-0.1, -0.05) is 15.9 Å². The number of rotatable bonds is 6. The van der Waals surface area contributed by atoms with E-state index in [0.717, 1.165) is 5.75 Å². The Morgan fingerprint density at radius 3 is 2.10 bits per heavy atom. The van der Waals surface area contributed by atoms with E-state index < -0.39 is 11.7 Å². The molecule has 29 heavy (non-hydrogen) atoms. The van der Waals surface area contributed by atoms with E-state index in [1.807, 2.05) is 6.92 Å². The van der Waals surface area contributed by atoms with Crippen LogP contribution in [0.25, 0.3) is 0 Å². The fourth-order valence-corrected chi connectivity index (χ4v) is 2.94. The standard InChI is InChI=1S/C22H18BrFN2O3/c1-2-29-18-10-8-17(9-11-18)25-21(27)14-3-6-16(7-4-14)26-22(28)19-13-15(23)5-12-20(19)24/h3-13H,2H2,1H3,(H,25,27)(H,26,28). The summed E-state index contributed by atoms with van der Waals surface area (Å²) in [6, 6.07) is 17.5. The van der Waals surface area contributed by atoms with Crippen LogP contribution in [0.15, 0.2) is 71.2 Å². The van der Waals surface area contributed by atoms with Crippen molar-refractivity contribution >= 4 is 39.1 Å². The van der Waals surface area contributed by atoms with Crippen LogP contribution in [0, 0.1) is 5.82 Å². The molecule has 0 saturated carbocycles. The Bertz CT molecular complexity index is 1020. The molecule has 2 amide bonds. The minimum Gasteiger partial charge on any atom is -0.494 e. The highest BCUT2D eigenvalue weighted by atomic mass is 79.9. The van der Waals surface area contributed by atoms with Crippen LogP contribution in [0.3, 0.4) is 0 Å². The zero-order valence-electron chi connectivity index (χ0n) is 15.5. The van der Waals surface area contributed by atoms with Crippen LogP contribution in [0.4, 0.5) is 15.8 Å². The van der Waals surface area contributed by atoms with Gasteiger partial charge in [0.05, 0.1) is 12.2 Å². The molecule has 0 aromatic heterocycles. The molecule has 0 bridgehead atoms. The van der Waals surface area contributed by atoms with Crippen LogP contribution in [0.1, 0.15) is 27.6 Å². The van der Waals surface area contributed by atoms with Crippen LogP contribution >= 0.6 is 15.9 Å². The second kappa shape index (κ2) is 9.34. The first kappa shape index (κ1) is 20.5. The van der Waals surface area contributed by atoms with Crippen molar-refractivity contribution in [2.75, 3.05) is 17.2 Å². The molecule has 7 heteroatoms. The third-order valence-corrected chi connectivity index (χ3v) is 4.49. The highest BCUT2D eigenvalue weighted by molar-refractivity contribution is 9.10. The van der Waals surface area contributed by atoms with Crippen LogP contribution in [0.5, 0.6) is 5.75 Å². The Kier molecular flexibility index (Phi) is 6.61. The summed E-state index contributed by atoms with van der Waals surface area (Å²) in [6.45, 7) is 2.47. The molecule has 2 N–H and O–H groups in total. The van der Waals surface area contributed by atoms with Crippen LogP contribution < -0.4 is 15.4 Å². The average Bonchev–Trinajstić information content (AvgIpc) is 2.72. The molecule has 148 valence electrons. The Morgan fingerprint density at radius 2 is 1.48 bits per heavy atom. The van der Waals surface area contributed by atoms with Crippen molar-refractivity contribution in [1.29, 1.82) is 0 Å². The third kappa shape index (κ3) is 5.42. The maximum absolute atomic E-state index is 13.8. The number of carbonyl (C=O) groups is 2. The molecule has 0 atom stereocenters. The normalized spacial score (nSPS) is 10.3. The van der Waals surface area contributed by atoms with E-state index >= 15 is 0 Å². The summed E-state index contributed by atoms with van der Waals surface area (Å²) >= 11 is 3.22. The molecule has 0 saturated heterocycles. The van der Waals surface area contributed by atoms with Gasteiger partial charge >= 0.3 is 0 Å². The molecule has 0 fully saturated rings. The molecule has 0 aliphatic rings. The van der Waals surface area contributed by atoms with Crippen molar-refractivity contribution in [2.24, 2.45) is 0 Å². The SMILES string of the molecule is CCOc1ccc(NC(=O)c2ccc(NC(=O)c3cc(Br)ccc3F)cc2)cc1. The Morgan fingerprint density at radius 1 is 0.897 bits per heavy atom.